The van der Waals surface area contributed by atoms with Crippen LogP contribution in [-0.4, -0.2) is 66.5 Å². The lowest BCUT2D eigenvalue weighted by atomic mass is 9.85. The van der Waals surface area contributed by atoms with Crippen molar-refractivity contribution in [2.24, 2.45) is 5.41 Å². The van der Waals surface area contributed by atoms with Crippen molar-refractivity contribution in [2.45, 2.75) is 58.7 Å². The predicted molar refractivity (Wildman–Crippen MR) is 171 cm³/mol. The number of methoxy groups -OCH3 is 1. The summed E-state index contributed by atoms with van der Waals surface area (Å²) < 4.78 is 20.4. The summed E-state index contributed by atoms with van der Waals surface area (Å²) in [5.74, 6) is -1.66. The lowest BCUT2D eigenvalue weighted by Gasteiger charge is -2.36. The van der Waals surface area contributed by atoms with Gasteiger partial charge in [-0.15, -0.1) is 12.4 Å². The average molecular weight is 651 g/mol. The zero-order chi connectivity index (χ0) is 31.5. The van der Waals surface area contributed by atoms with Gasteiger partial charge in [-0.1, -0.05) is 32.4 Å². The summed E-state index contributed by atoms with van der Waals surface area (Å²) in [6, 6.07) is 5.06. The molecule has 4 N–H and O–H groups in total. The highest BCUT2D eigenvalue weighted by Gasteiger charge is 2.42. The van der Waals surface area contributed by atoms with E-state index in [4.69, 9.17) is 16.3 Å². The van der Waals surface area contributed by atoms with Crippen LogP contribution in [0.5, 0.6) is 5.75 Å². The summed E-state index contributed by atoms with van der Waals surface area (Å²) in [4.78, 5) is 51.2. The molecule has 11 nitrogen and oxygen atoms in total. The molecule has 0 aliphatic carbocycles. The van der Waals surface area contributed by atoms with E-state index in [1.165, 1.54) is 31.6 Å². The van der Waals surface area contributed by atoms with Gasteiger partial charge in [0.25, 0.3) is 11.8 Å². The maximum Gasteiger partial charge on any atom is 0.257 e. The van der Waals surface area contributed by atoms with Crippen LogP contribution in [0, 0.1) is 11.2 Å². The predicted octanol–water partition coefficient (Wildman–Crippen LogP) is 4.35. The first-order chi connectivity index (χ1) is 20.3. The zero-order valence-corrected chi connectivity index (χ0v) is 27.0. The van der Waals surface area contributed by atoms with Gasteiger partial charge >= 0.3 is 0 Å². The Morgan fingerprint density at radius 3 is 2.50 bits per heavy atom. The monoisotopic (exact) mass is 649 g/mol. The molecular weight excluding hydrogens is 612 g/mol. The fourth-order valence-electron chi connectivity index (χ4n) is 4.80. The van der Waals surface area contributed by atoms with E-state index in [1.807, 2.05) is 20.8 Å². The molecule has 1 aliphatic heterocycles. The van der Waals surface area contributed by atoms with Crippen molar-refractivity contribution in [3.05, 3.63) is 47.5 Å². The molecule has 1 aliphatic rings. The van der Waals surface area contributed by atoms with Crippen LogP contribution in [-0.2, 0) is 14.4 Å². The van der Waals surface area contributed by atoms with Gasteiger partial charge < -0.3 is 26.0 Å². The van der Waals surface area contributed by atoms with Crippen molar-refractivity contribution in [3.8, 4) is 5.75 Å². The highest BCUT2D eigenvalue weighted by molar-refractivity contribution is 6.30. The largest absolute Gasteiger partial charge is 0.494 e. The molecule has 0 spiro atoms. The topological polar surface area (TPSA) is 138 Å². The van der Waals surface area contributed by atoms with Crippen LogP contribution in [0.4, 0.5) is 21.6 Å². The molecule has 14 heteroatoms. The number of benzene rings is 2. The van der Waals surface area contributed by atoms with Crippen LogP contribution in [0.25, 0.3) is 10.9 Å². The molecule has 1 aromatic heterocycles. The van der Waals surface area contributed by atoms with E-state index in [9.17, 15) is 18.8 Å². The second kappa shape index (κ2) is 14.5. The Kier molecular flexibility index (Phi) is 11.5. The molecule has 3 aromatic rings. The fourth-order valence-corrected chi connectivity index (χ4v) is 4.96. The summed E-state index contributed by atoms with van der Waals surface area (Å²) in [5, 5.41) is 12.5. The molecule has 0 unspecified atom stereocenters. The Bertz CT molecular complexity index is 1530. The number of hydrogen-bond acceptors (Lipinski definition) is 9. The molecule has 4 rings (SSSR count). The number of halogens is 3. The summed E-state index contributed by atoms with van der Waals surface area (Å²) in [6.45, 7) is 7.73. The van der Waals surface area contributed by atoms with Gasteiger partial charge in [-0.25, -0.2) is 19.3 Å². The molecule has 44 heavy (non-hydrogen) atoms. The number of ether oxygens (including phenoxy) is 1. The van der Waals surface area contributed by atoms with E-state index in [0.29, 0.717) is 23.9 Å². The first kappa shape index (κ1) is 34.9. The third-order valence-corrected chi connectivity index (χ3v) is 7.62. The van der Waals surface area contributed by atoms with Gasteiger partial charge in [0.05, 0.1) is 36.1 Å². The summed E-state index contributed by atoms with van der Waals surface area (Å²) in [7, 11) is 3.07. The number of carbonyl (C=O) groups is 3. The second-order valence-electron chi connectivity index (χ2n) is 11.5. The summed E-state index contributed by atoms with van der Waals surface area (Å²) in [6.07, 6.45) is 2.61. The number of hydrogen-bond donors (Lipinski definition) is 4. The van der Waals surface area contributed by atoms with Crippen LogP contribution < -0.4 is 30.9 Å². The molecule has 238 valence electrons. The third kappa shape index (κ3) is 7.55. The standard InChI is InChI=1S/C30H37ClFN7O4.ClH/c1-16(33-5)27(40)38-25(30(2,3)4)29(42)39(28(41)21-8-7-11-34-21)23-13-18-22(14-24(23)43-6)35-15-36-26(18)37-20-10-9-17(31)12-19(20)32;/h9-10,12-16,21,25,33-34H,7-8,11H2,1-6H3,(H,38,40)(H,35,36,37);1H/t16-,21-,25+;/m0./s1. The molecular formula is C30H38Cl2FN7O4. The van der Waals surface area contributed by atoms with Gasteiger partial charge in [0.2, 0.25) is 5.91 Å². The van der Waals surface area contributed by atoms with Crippen LogP contribution in [0.2, 0.25) is 5.02 Å². The molecule has 2 aromatic carbocycles. The molecule has 1 saturated heterocycles. The Hall–Kier alpha value is -3.58. The highest BCUT2D eigenvalue weighted by atomic mass is 35.5. The summed E-state index contributed by atoms with van der Waals surface area (Å²) >= 11 is 5.92. The van der Waals surface area contributed by atoms with Gasteiger partial charge in [-0.05, 0) is 63.0 Å². The number of amides is 3. The smallest absolute Gasteiger partial charge is 0.257 e. The molecule has 0 saturated carbocycles. The molecule has 2 heterocycles. The normalized spacial score (nSPS) is 16.0. The van der Waals surface area contributed by atoms with Crippen molar-refractivity contribution in [1.82, 2.24) is 25.9 Å². The Balaban J connectivity index is 0.00000529. The Morgan fingerprint density at radius 2 is 1.91 bits per heavy atom. The maximum atomic E-state index is 14.7. The van der Waals surface area contributed by atoms with Crippen LogP contribution in [0.3, 0.4) is 0 Å². The van der Waals surface area contributed by atoms with Crippen molar-refractivity contribution < 1.29 is 23.5 Å². The number of aromatic nitrogens is 2. The van der Waals surface area contributed by atoms with Crippen molar-refractivity contribution >= 4 is 69.8 Å². The van der Waals surface area contributed by atoms with E-state index in [0.717, 1.165) is 11.3 Å². The Labute approximate surface area is 267 Å². The molecule has 3 amide bonds. The van der Waals surface area contributed by atoms with Crippen molar-refractivity contribution in [2.75, 3.05) is 30.9 Å². The first-order valence-electron chi connectivity index (χ1n) is 14.0. The SMILES string of the molecule is CN[C@@H](C)C(=O)N[C@H](C(=O)N(C(=O)[C@@H]1CCCN1)c1cc2c(Nc3ccc(Cl)cc3F)ncnc2cc1OC)C(C)(C)C.Cl. The van der Waals surface area contributed by atoms with Gasteiger partial charge in [-0.3, -0.25) is 14.4 Å². The maximum absolute atomic E-state index is 14.7. The van der Waals surface area contributed by atoms with Gasteiger partial charge in [0, 0.05) is 16.5 Å². The minimum absolute atomic E-state index is 0. The van der Waals surface area contributed by atoms with Crippen molar-refractivity contribution in [1.29, 1.82) is 0 Å². The minimum atomic E-state index is -1.07. The van der Waals surface area contributed by atoms with Gasteiger partial charge in [0.1, 0.15) is 29.8 Å². The highest BCUT2D eigenvalue weighted by Crippen LogP contribution is 2.38. The van der Waals surface area contributed by atoms with E-state index in [-0.39, 0.29) is 40.4 Å². The van der Waals surface area contributed by atoms with Gasteiger partial charge in [-0.2, -0.15) is 0 Å². The molecule has 3 atom stereocenters. The van der Waals surface area contributed by atoms with Crippen LogP contribution >= 0.6 is 24.0 Å². The number of imide groups is 1. The quantitative estimate of drug-likeness (QED) is 0.267. The summed E-state index contributed by atoms with van der Waals surface area (Å²) in [5.41, 5.74) is -0.0864. The number of rotatable bonds is 9. The first-order valence-corrected chi connectivity index (χ1v) is 14.4. The number of anilines is 3. The van der Waals surface area contributed by atoms with E-state index < -0.39 is 47.1 Å². The van der Waals surface area contributed by atoms with E-state index >= 15 is 0 Å². The number of carbonyl (C=O) groups excluding carboxylic acids is 3. The molecule has 1 fully saturated rings. The van der Waals surface area contributed by atoms with Crippen molar-refractivity contribution in [3.63, 3.8) is 0 Å². The van der Waals surface area contributed by atoms with E-state index in [1.54, 1.807) is 26.1 Å². The average Bonchev–Trinajstić information content (AvgIpc) is 3.51. The number of nitrogens with zero attached hydrogens (tertiary/aromatic N) is 3. The minimum Gasteiger partial charge on any atom is -0.494 e. The fraction of sp³-hybridized carbons (Fsp3) is 0.433. The molecule has 0 radical (unpaired) electrons. The van der Waals surface area contributed by atoms with Crippen LogP contribution in [0.1, 0.15) is 40.5 Å². The number of fused-ring (bicyclic) bond motifs is 1. The third-order valence-electron chi connectivity index (χ3n) is 7.39. The van der Waals surface area contributed by atoms with Gasteiger partial charge in [0.15, 0.2) is 0 Å². The lowest BCUT2D eigenvalue weighted by molar-refractivity contribution is -0.134. The second-order valence-corrected chi connectivity index (χ2v) is 11.9. The molecule has 0 bridgehead atoms. The number of likely N-dealkylation sites (N-methyl/N-ethyl adjacent to an activating group) is 1. The Morgan fingerprint density at radius 1 is 1.18 bits per heavy atom. The number of nitrogens with one attached hydrogen (secondary N) is 4. The van der Waals surface area contributed by atoms with E-state index in [2.05, 4.69) is 31.2 Å². The van der Waals surface area contributed by atoms with Crippen LogP contribution in [0.15, 0.2) is 36.7 Å². The zero-order valence-electron chi connectivity index (χ0n) is 25.5. The lowest BCUT2D eigenvalue weighted by Crippen LogP contribution is -2.60.